The van der Waals surface area contributed by atoms with Crippen LogP contribution < -0.4 is 11.1 Å². The number of hydrogen-bond donors (Lipinski definition) is 1. The lowest BCUT2D eigenvalue weighted by Crippen LogP contribution is -2.21. The number of aromatic amines is 1. The molecular weight excluding hydrogens is 513 g/mol. The number of hydrogen-bond acceptors (Lipinski definition) is 5. The minimum atomic E-state index is -0.335. The summed E-state index contributed by atoms with van der Waals surface area (Å²) in [6.07, 6.45) is 9.03. The largest absolute Gasteiger partial charge is 0.311 e. The summed E-state index contributed by atoms with van der Waals surface area (Å²) in [6, 6.07) is 18.9. The van der Waals surface area contributed by atoms with Crippen LogP contribution in [-0.2, 0) is 13.0 Å². The van der Waals surface area contributed by atoms with Gasteiger partial charge in [0.2, 0.25) is 0 Å². The van der Waals surface area contributed by atoms with Crippen molar-refractivity contribution in [3.8, 4) is 0 Å². The second kappa shape index (κ2) is 14.4. The van der Waals surface area contributed by atoms with Gasteiger partial charge in [-0.3, -0.25) is 14.4 Å². The summed E-state index contributed by atoms with van der Waals surface area (Å²) in [5, 5.41) is 0.590. The minimum Gasteiger partial charge on any atom is -0.311 e. The number of rotatable bonds is 14. The lowest BCUT2D eigenvalue weighted by atomic mass is 10.0. The van der Waals surface area contributed by atoms with Crippen molar-refractivity contribution in [1.29, 1.82) is 0 Å². The molecule has 4 aromatic rings. The first kappa shape index (κ1) is 28.2. The molecule has 0 aliphatic heterocycles. The Labute approximate surface area is 231 Å². The van der Waals surface area contributed by atoms with E-state index in [4.69, 9.17) is 0 Å². The summed E-state index contributed by atoms with van der Waals surface area (Å²) in [5.74, 6) is 0.561. The number of pyridine rings is 1. The lowest BCUT2D eigenvalue weighted by Gasteiger charge is -2.08. The van der Waals surface area contributed by atoms with Gasteiger partial charge in [0.1, 0.15) is 5.82 Å². The third-order valence-electron chi connectivity index (χ3n) is 6.45. The molecule has 2 aromatic heterocycles. The van der Waals surface area contributed by atoms with Crippen LogP contribution in [0.2, 0.25) is 0 Å². The molecular formula is C31H32FN3O3S. The SMILES string of the molecule is O=C(CCCCCCCSc1ncc(Cc2ccn(Cc3ccccc3)c(=O)c2)c(=O)[nH]1)c1ccc(F)cc1. The van der Waals surface area contributed by atoms with Crippen molar-refractivity contribution in [1.82, 2.24) is 14.5 Å². The number of nitrogens with one attached hydrogen (secondary N) is 1. The fraction of sp³-hybridized carbons (Fsp3) is 0.290. The topological polar surface area (TPSA) is 84.8 Å². The number of ketones is 1. The van der Waals surface area contributed by atoms with Crippen molar-refractivity contribution in [3.63, 3.8) is 0 Å². The van der Waals surface area contributed by atoms with Gasteiger partial charge in [0.25, 0.3) is 11.1 Å². The van der Waals surface area contributed by atoms with Gasteiger partial charge < -0.3 is 9.55 Å². The second-order valence-electron chi connectivity index (χ2n) is 9.50. The number of unbranched alkanes of at least 4 members (excludes halogenated alkanes) is 4. The van der Waals surface area contributed by atoms with E-state index < -0.39 is 0 Å². The van der Waals surface area contributed by atoms with Crippen molar-refractivity contribution >= 4 is 17.5 Å². The minimum absolute atomic E-state index is 0.0523. The van der Waals surface area contributed by atoms with E-state index in [9.17, 15) is 18.8 Å². The van der Waals surface area contributed by atoms with Gasteiger partial charge in [-0.2, -0.15) is 0 Å². The maximum atomic E-state index is 13.0. The Morgan fingerprint density at radius 3 is 2.38 bits per heavy atom. The van der Waals surface area contributed by atoms with E-state index in [1.165, 1.54) is 36.0 Å². The molecule has 0 unspecified atom stereocenters. The maximum absolute atomic E-state index is 13.0. The van der Waals surface area contributed by atoms with Crippen molar-refractivity contribution in [3.05, 3.63) is 128 Å². The molecule has 202 valence electrons. The Morgan fingerprint density at radius 2 is 1.64 bits per heavy atom. The number of Topliss-reactive ketones (excluding diaryl/α,β-unsaturated/α-hetero) is 1. The van der Waals surface area contributed by atoms with E-state index >= 15 is 0 Å². The number of halogens is 1. The zero-order valence-electron chi connectivity index (χ0n) is 21.8. The monoisotopic (exact) mass is 545 g/mol. The van der Waals surface area contributed by atoms with E-state index in [-0.39, 0.29) is 22.7 Å². The van der Waals surface area contributed by atoms with Crippen LogP contribution in [0.3, 0.4) is 0 Å². The fourth-order valence-electron chi connectivity index (χ4n) is 4.26. The van der Waals surface area contributed by atoms with Gasteiger partial charge in [0.15, 0.2) is 10.9 Å². The van der Waals surface area contributed by atoms with Crippen LogP contribution in [-0.4, -0.2) is 26.1 Å². The van der Waals surface area contributed by atoms with E-state index in [1.54, 1.807) is 23.0 Å². The third-order valence-corrected chi connectivity index (χ3v) is 7.43. The Balaban J connectivity index is 1.15. The Bertz CT molecular complexity index is 1480. The van der Waals surface area contributed by atoms with Crippen LogP contribution in [0.25, 0.3) is 0 Å². The molecule has 0 bridgehead atoms. The molecule has 0 fully saturated rings. The molecule has 0 saturated carbocycles. The highest BCUT2D eigenvalue weighted by Gasteiger charge is 2.08. The van der Waals surface area contributed by atoms with E-state index in [1.807, 2.05) is 36.4 Å². The average Bonchev–Trinajstić information content (AvgIpc) is 2.94. The van der Waals surface area contributed by atoms with E-state index in [2.05, 4.69) is 9.97 Å². The molecule has 0 atom stereocenters. The van der Waals surface area contributed by atoms with Gasteiger partial charge in [-0.15, -0.1) is 0 Å². The van der Waals surface area contributed by atoms with Gasteiger partial charge in [0.05, 0.1) is 6.54 Å². The van der Waals surface area contributed by atoms with Gasteiger partial charge in [-0.05, 0) is 54.3 Å². The second-order valence-corrected chi connectivity index (χ2v) is 10.6. The average molecular weight is 546 g/mol. The lowest BCUT2D eigenvalue weighted by molar-refractivity contribution is 0.0979. The number of carbonyl (C=O) groups excluding carboxylic acids is 1. The zero-order valence-corrected chi connectivity index (χ0v) is 22.6. The van der Waals surface area contributed by atoms with Crippen LogP contribution in [0.4, 0.5) is 4.39 Å². The summed E-state index contributed by atoms with van der Waals surface area (Å²) >= 11 is 1.52. The summed E-state index contributed by atoms with van der Waals surface area (Å²) in [7, 11) is 0. The van der Waals surface area contributed by atoms with Crippen LogP contribution in [0.15, 0.2) is 93.9 Å². The summed E-state index contributed by atoms with van der Waals surface area (Å²) in [5.41, 5.74) is 2.62. The van der Waals surface area contributed by atoms with Gasteiger partial charge in [0, 0.05) is 48.2 Å². The smallest absolute Gasteiger partial charge is 0.255 e. The van der Waals surface area contributed by atoms with Crippen molar-refractivity contribution in [2.24, 2.45) is 0 Å². The Kier molecular flexibility index (Phi) is 10.4. The first-order chi connectivity index (χ1) is 19.0. The number of aromatic nitrogens is 3. The highest BCUT2D eigenvalue weighted by atomic mass is 32.2. The molecule has 1 N–H and O–H groups in total. The highest BCUT2D eigenvalue weighted by Crippen LogP contribution is 2.16. The molecule has 2 aromatic carbocycles. The maximum Gasteiger partial charge on any atom is 0.255 e. The normalized spacial score (nSPS) is 11.0. The summed E-state index contributed by atoms with van der Waals surface area (Å²) in [6.45, 7) is 0.505. The predicted molar refractivity (Wildman–Crippen MR) is 153 cm³/mol. The summed E-state index contributed by atoms with van der Waals surface area (Å²) < 4.78 is 14.6. The number of carbonyl (C=O) groups is 1. The first-order valence-electron chi connectivity index (χ1n) is 13.2. The van der Waals surface area contributed by atoms with Gasteiger partial charge >= 0.3 is 0 Å². The molecule has 0 aliphatic rings. The van der Waals surface area contributed by atoms with Crippen molar-refractivity contribution in [2.75, 3.05) is 5.75 Å². The van der Waals surface area contributed by atoms with Crippen LogP contribution in [0, 0.1) is 5.82 Å². The molecule has 2 heterocycles. The molecule has 0 saturated heterocycles. The highest BCUT2D eigenvalue weighted by molar-refractivity contribution is 7.99. The zero-order chi connectivity index (χ0) is 27.5. The Hall–Kier alpha value is -3.78. The van der Waals surface area contributed by atoms with Crippen LogP contribution in [0.5, 0.6) is 0 Å². The quantitative estimate of drug-likeness (QED) is 0.0906. The van der Waals surface area contributed by atoms with E-state index in [0.29, 0.717) is 35.7 Å². The molecule has 0 amide bonds. The molecule has 0 radical (unpaired) electrons. The predicted octanol–water partition coefficient (Wildman–Crippen LogP) is 6.03. The number of H-pyrrole nitrogens is 1. The fourth-order valence-corrected chi connectivity index (χ4v) is 5.09. The van der Waals surface area contributed by atoms with Crippen molar-refractivity contribution in [2.45, 2.75) is 56.6 Å². The van der Waals surface area contributed by atoms with Crippen LogP contribution >= 0.6 is 11.8 Å². The van der Waals surface area contributed by atoms with Crippen LogP contribution in [0.1, 0.15) is 65.6 Å². The Morgan fingerprint density at radius 1 is 0.897 bits per heavy atom. The molecule has 6 nitrogen and oxygen atoms in total. The van der Waals surface area contributed by atoms with E-state index in [0.717, 1.165) is 49.0 Å². The number of nitrogens with zero attached hydrogens (tertiary/aromatic N) is 2. The standard InChI is InChI=1S/C31H32FN3O3S/c32-27-14-12-25(13-15-27)28(36)11-7-2-1-3-8-18-39-31-33-21-26(30(38)34-31)19-24-16-17-35(29(37)20-24)22-23-9-5-4-6-10-23/h4-6,9-10,12-17,20-21H,1-3,7-8,11,18-19,22H2,(H,33,34,38). The molecule has 8 heteroatoms. The molecule has 39 heavy (non-hydrogen) atoms. The number of benzene rings is 2. The van der Waals surface area contributed by atoms with Crippen molar-refractivity contribution < 1.29 is 9.18 Å². The van der Waals surface area contributed by atoms with Gasteiger partial charge in [-0.25, -0.2) is 9.37 Å². The molecule has 4 rings (SSSR count). The third kappa shape index (κ3) is 8.89. The van der Waals surface area contributed by atoms with Gasteiger partial charge in [-0.1, -0.05) is 61.4 Å². The summed E-state index contributed by atoms with van der Waals surface area (Å²) in [4.78, 5) is 44.5. The molecule has 0 aliphatic carbocycles. The first-order valence-corrected chi connectivity index (χ1v) is 14.2. The molecule has 0 spiro atoms. The number of thioether (sulfide) groups is 1.